The fourth-order valence-electron chi connectivity index (χ4n) is 5.93. The second kappa shape index (κ2) is 13.9. The SMILES string of the molecule is CCOC(=O)c1c(SC)c(C(c2ccc(Cl)cc2)c2c(SC)c(C(=O)OCC)n3ccc(N(C)C)cc23)c2cc(N(C)C)ccn12. The van der Waals surface area contributed by atoms with Gasteiger partial charge in [0.15, 0.2) is 0 Å². The van der Waals surface area contributed by atoms with Crippen molar-refractivity contribution in [3.05, 3.63) is 94.0 Å². The van der Waals surface area contributed by atoms with Gasteiger partial charge in [-0.2, -0.15) is 0 Å². The average molecular weight is 679 g/mol. The van der Waals surface area contributed by atoms with Gasteiger partial charge < -0.3 is 28.1 Å². The van der Waals surface area contributed by atoms with Crippen molar-refractivity contribution in [1.29, 1.82) is 0 Å². The third-order valence-electron chi connectivity index (χ3n) is 7.99. The molecule has 0 bridgehead atoms. The molecule has 0 atom stereocenters. The van der Waals surface area contributed by atoms with E-state index in [0.29, 0.717) is 16.4 Å². The molecule has 0 spiro atoms. The largest absolute Gasteiger partial charge is 0.461 e. The molecule has 0 N–H and O–H groups in total. The first-order valence-electron chi connectivity index (χ1n) is 15.0. The minimum Gasteiger partial charge on any atom is -0.461 e. The van der Waals surface area contributed by atoms with Crippen LogP contribution in [-0.2, 0) is 9.47 Å². The minimum absolute atomic E-state index is 0.253. The first kappa shape index (κ1) is 33.6. The molecule has 46 heavy (non-hydrogen) atoms. The molecular weight excluding hydrogens is 640 g/mol. The Morgan fingerprint density at radius 1 is 0.739 bits per heavy atom. The average Bonchev–Trinajstić information content (AvgIpc) is 3.54. The zero-order valence-corrected chi connectivity index (χ0v) is 29.8. The van der Waals surface area contributed by atoms with E-state index in [1.807, 2.05) is 122 Å². The fourth-order valence-corrected chi connectivity index (χ4v) is 7.69. The van der Waals surface area contributed by atoms with E-state index in [1.54, 1.807) is 0 Å². The predicted molar refractivity (Wildman–Crippen MR) is 191 cm³/mol. The van der Waals surface area contributed by atoms with Crippen LogP contribution in [0.2, 0.25) is 5.02 Å². The maximum absolute atomic E-state index is 13.7. The number of esters is 2. The quantitative estimate of drug-likeness (QED) is 0.103. The van der Waals surface area contributed by atoms with Crippen LogP contribution in [0.1, 0.15) is 57.4 Å². The molecule has 0 amide bonds. The van der Waals surface area contributed by atoms with Gasteiger partial charge >= 0.3 is 11.9 Å². The summed E-state index contributed by atoms with van der Waals surface area (Å²) >= 11 is 9.46. The summed E-state index contributed by atoms with van der Waals surface area (Å²) < 4.78 is 15.1. The number of hydrogen-bond donors (Lipinski definition) is 0. The van der Waals surface area contributed by atoms with E-state index in [0.717, 1.165) is 48.9 Å². The third-order valence-corrected chi connectivity index (χ3v) is 9.88. The molecule has 5 rings (SSSR count). The molecule has 242 valence electrons. The molecule has 0 aliphatic heterocycles. The van der Waals surface area contributed by atoms with Gasteiger partial charge in [-0.05, 0) is 68.3 Å². The lowest BCUT2D eigenvalue weighted by atomic mass is 9.85. The van der Waals surface area contributed by atoms with Crippen molar-refractivity contribution < 1.29 is 19.1 Å². The van der Waals surface area contributed by atoms with Gasteiger partial charge in [-0.15, -0.1) is 23.5 Å². The number of anilines is 2. The van der Waals surface area contributed by atoms with Crippen molar-refractivity contribution in [2.75, 3.05) is 63.7 Å². The fraction of sp³-hybridized carbons (Fsp3) is 0.314. The summed E-state index contributed by atoms with van der Waals surface area (Å²) in [5.74, 6) is -1.20. The van der Waals surface area contributed by atoms with Crippen LogP contribution in [0.15, 0.2) is 70.7 Å². The molecule has 0 unspecified atom stereocenters. The maximum Gasteiger partial charge on any atom is 0.356 e. The zero-order valence-electron chi connectivity index (χ0n) is 27.4. The Hall–Kier alpha value is -3.73. The number of ether oxygens (including phenoxy) is 2. The standard InChI is InChI=1S/C35H39ClN4O4S2/c1-9-43-34(41)30-32(45-7)28(25-19-23(37(3)4)15-17-39(25)30)27(21-11-13-22(36)14-12-21)29-26-20-24(38(5)6)16-18-40(26)31(33(29)46-8)35(42)44-10-2/h11-20,27H,9-10H2,1-8H3. The van der Waals surface area contributed by atoms with Crippen LogP contribution < -0.4 is 9.80 Å². The molecule has 0 saturated heterocycles. The second-order valence-corrected chi connectivity index (χ2v) is 13.2. The molecule has 8 nitrogen and oxygen atoms in total. The summed E-state index contributed by atoms with van der Waals surface area (Å²) in [6.45, 7) is 4.13. The van der Waals surface area contributed by atoms with Gasteiger partial charge in [-0.25, -0.2) is 9.59 Å². The molecule has 5 aromatic rings. The van der Waals surface area contributed by atoms with Crippen molar-refractivity contribution in [2.45, 2.75) is 29.6 Å². The van der Waals surface area contributed by atoms with E-state index in [1.165, 1.54) is 23.5 Å². The van der Waals surface area contributed by atoms with Crippen molar-refractivity contribution in [1.82, 2.24) is 8.80 Å². The number of carbonyl (C=O) groups excluding carboxylic acids is 2. The molecule has 11 heteroatoms. The molecule has 4 aromatic heterocycles. The van der Waals surface area contributed by atoms with E-state index < -0.39 is 17.9 Å². The Morgan fingerprint density at radius 3 is 1.50 bits per heavy atom. The molecule has 0 fully saturated rings. The smallest absolute Gasteiger partial charge is 0.356 e. The van der Waals surface area contributed by atoms with Crippen LogP contribution in [-0.4, -0.2) is 74.7 Å². The van der Waals surface area contributed by atoms with Crippen LogP contribution in [0.25, 0.3) is 11.0 Å². The number of hydrogen-bond acceptors (Lipinski definition) is 8. The van der Waals surface area contributed by atoms with Crippen LogP contribution in [0.5, 0.6) is 0 Å². The Balaban J connectivity index is 2.02. The summed E-state index contributed by atoms with van der Waals surface area (Å²) in [7, 11) is 7.98. The first-order chi connectivity index (χ1) is 22.1. The summed E-state index contributed by atoms with van der Waals surface area (Å²) in [5, 5.41) is 0.616. The predicted octanol–water partition coefficient (Wildman–Crippen LogP) is 7.95. The van der Waals surface area contributed by atoms with Crippen molar-refractivity contribution in [2.24, 2.45) is 0 Å². The van der Waals surface area contributed by atoms with Crippen molar-refractivity contribution in [3.63, 3.8) is 0 Å². The number of pyridine rings is 2. The number of fused-ring (bicyclic) bond motifs is 2. The highest BCUT2D eigenvalue weighted by atomic mass is 35.5. The number of halogens is 1. The topological polar surface area (TPSA) is 67.9 Å². The van der Waals surface area contributed by atoms with Gasteiger partial charge in [0, 0.05) is 83.8 Å². The Morgan fingerprint density at radius 2 is 1.15 bits per heavy atom. The number of nitrogens with zero attached hydrogens (tertiary/aromatic N) is 4. The first-order valence-corrected chi connectivity index (χ1v) is 17.8. The molecule has 0 radical (unpaired) electrons. The highest BCUT2D eigenvalue weighted by molar-refractivity contribution is 7.99. The number of benzene rings is 1. The van der Waals surface area contributed by atoms with Crippen molar-refractivity contribution in [3.8, 4) is 0 Å². The molecular formula is C35H39ClN4O4S2. The van der Waals surface area contributed by atoms with Crippen LogP contribution >= 0.6 is 35.1 Å². The Labute approximate surface area is 283 Å². The molecule has 4 heterocycles. The van der Waals surface area contributed by atoms with E-state index in [-0.39, 0.29) is 13.2 Å². The van der Waals surface area contributed by atoms with Crippen molar-refractivity contribution >= 4 is 69.5 Å². The summed E-state index contributed by atoms with van der Waals surface area (Å²) in [4.78, 5) is 33.0. The normalized spacial score (nSPS) is 11.4. The number of aromatic nitrogens is 2. The number of carbonyl (C=O) groups is 2. The summed E-state index contributed by atoms with van der Waals surface area (Å²) in [5.41, 5.74) is 7.49. The van der Waals surface area contributed by atoms with Crippen LogP contribution in [0.3, 0.4) is 0 Å². The lowest BCUT2D eigenvalue weighted by Gasteiger charge is -2.22. The van der Waals surface area contributed by atoms with Gasteiger partial charge in [-0.3, -0.25) is 0 Å². The lowest BCUT2D eigenvalue weighted by molar-refractivity contribution is 0.0505. The van der Waals surface area contributed by atoms with Crippen LogP contribution in [0.4, 0.5) is 11.4 Å². The minimum atomic E-state index is -0.409. The van der Waals surface area contributed by atoms with E-state index in [2.05, 4.69) is 12.1 Å². The van der Waals surface area contributed by atoms with E-state index in [9.17, 15) is 9.59 Å². The second-order valence-electron chi connectivity index (χ2n) is 11.1. The van der Waals surface area contributed by atoms with Gasteiger partial charge in [0.1, 0.15) is 11.4 Å². The van der Waals surface area contributed by atoms with Gasteiger partial charge in [-0.1, -0.05) is 23.7 Å². The lowest BCUT2D eigenvalue weighted by Crippen LogP contribution is -2.11. The number of thioether (sulfide) groups is 2. The highest BCUT2D eigenvalue weighted by Crippen LogP contribution is 2.49. The highest BCUT2D eigenvalue weighted by Gasteiger charge is 2.36. The monoisotopic (exact) mass is 678 g/mol. The zero-order chi connectivity index (χ0) is 33.3. The summed E-state index contributed by atoms with van der Waals surface area (Å²) in [6.07, 6.45) is 7.82. The Kier molecular flexibility index (Phi) is 10.2. The molecule has 0 saturated carbocycles. The maximum atomic E-state index is 13.7. The molecule has 1 aromatic carbocycles. The third kappa shape index (κ3) is 5.94. The van der Waals surface area contributed by atoms with Gasteiger partial charge in [0.2, 0.25) is 0 Å². The number of rotatable bonds is 11. The van der Waals surface area contributed by atoms with E-state index in [4.69, 9.17) is 21.1 Å². The Bertz CT molecular complexity index is 1800. The van der Waals surface area contributed by atoms with Crippen LogP contribution in [0, 0.1) is 0 Å². The van der Waals surface area contributed by atoms with Gasteiger partial charge in [0.25, 0.3) is 0 Å². The van der Waals surface area contributed by atoms with Gasteiger partial charge in [0.05, 0.1) is 24.2 Å². The molecule has 0 aliphatic rings. The summed E-state index contributed by atoms with van der Waals surface area (Å²) in [6, 6.07) is 16.0. The molecule has 0 aliphatic carbocycles. The van der Waals surface area contributed by atoms with E-state index >= 15 is 0 Å².